The molecule has 1 aromatic heterocycles. The third kappa shape index (κ3) is 2.90. The van der Waals surface area contributed by atoms with Crippen molar-refractivity contribution in [1.82, 2.24) is 4.98 Å². The van der Waals surface area contributed by atoms with Gasteiger partial charge in [-0.05, 0) is 24.6 Å². The number of carbonyl (C=O) groups excluding carboxylic acids is 1. The number of carbonyl (C=O) groups is 1. The van der Waals surface area contributed by atoms with Crippen molar-refractivity contribution in [2.24, 2.45) is 0 Å². The SMILES string of the molecule is CCOC(=O)c1ccc2c(CC[N+](=O)[O-])c[nH]c2c1. The van der Waals surface area contributed by atoms with Gasteiger partial charge in [0.2, 0.25) is 6.54 Å². The molecule has 0 fully saturated rings. The molecule has 0 aliphatic heterocycles. The smallest absolute Gasteiger partial charge is 0.338 e. The summed E-state index contributed by atoms with van der Waals surface area (Å²) in [4.78, 5) is 24.6. The molecule has 1 heterocycles. The van der Waals surface area contributed by atoms with E-state index in [-0.39, 0.29) is 17.4 Å². The monoisotopic (exact) mass is 262 g/mol. The van der Waals surface area contributed by atoms with E-state index in [0.29, 0.717) is 18.6 Å². The first kappa shape index (κ1) is 13.1. The second-order valence-corrected chi connectivity index (χ2v) is 4.10. The van der Waals surface area contributed by atoms with Crippen LogP contribution >= 0.6 is 0 Å². The molecule has 100 valence electrons. The second kappa shape index (κ2) is 5.51. The fraction of sp³-hybridized carbons (Fsp3) is 0.308. The lowest BCUT2D eigenvalue weighted by molar-refractivity contribution is -0.479. The quantitative estimate of drug-likeness (QED) is 0.508. The summed E-state index contributed by atoms with van der Waals surface area (Å²) in [6, 6.07) is 5.15. The van der Waals surface area contributed by atoms with Gasteiger partial charge < -0.3 is 9.72 Å². The molecular weight excluding hydrogens is 248 g/mol. The van der Waals surface area contributed by atoms with E-state index in [4.69, 9.17) is 4.74 Å². The van der Waals surface area contributed by atoms with Gasteiger partial charge in [-0.1, -0.05) is 6.07 Å². The molecule has 0 spiro atoms. The van der Waals surface area contributed by atoms with Crippen molar-refractivity contribution in [2.75, 3.05) is 13.2 Å². The van der Waals surface area contributed by atoms with E-state index in [0.717, 1.165) is 16.5 Å². The summed E-state index contributed by atoms with van der Waals surface area (Å²) in [6.07, 6.45) is 2.11. The highest BCUT2D eigenvalue weighted by Gasteiger charge is 2.11. The Kier molecular flexibility index (Phi) is 3.79. The summed E-state index contributed by atoms with van der Waals surface area (Å²) in [5.74, 6) is -0.370. The number of nitrogens with one attached hydrogen (secondary N) is 1. The first-order valence-corrected chi connectivity index (χ1v) is 6.00. The molecule has 0 amide bonds. The van der Waals surface area contributed by atoms with Crippen molar-refractivity contribution >= 4 is 16.9 Å². The molecule has 1 N–H and O–H groups in total. The van der Waals surface area contributed by atoms with Gasteiger partial charge in [0.25, 0.3) is 0 Å². The van der Waals surface area contributed by atoms with Gasteiger partial charge in [-0.2, -0.15) is 0 Å². The van der Waals surface area contributed by atoms with E-state index in [1.807, 2.05) is 0 Å². The van der Waals surface area contributed by atoms with Crippen LogP contribution in [0.15, 0.2) is 24.4 Å². The molecule has 6 heteroatoms. The van der Waals surface area contributed by atoms with E-state index in [1.54, 1.807) is 31.3 Å². The lowest BCUT2D eigenvalue weighted by atomic mass is 10.1. The molecule has 0 radical (unpaired) electrons. The number of aromatic amines is 1. The number of ether oxygens (including phenoxy) is 1. The average Bonchev–Trinajstić information content (AvgIpc) is 2.78. The number of nitrogens with zero attached hydrogens (tertiary/aromatic N) is 1. The normalized spacial score (nSPS) is 10.6. The first-order chi connectivity index (χ1) is 9.11. The van der Waals surface area contributed by atoms with Gasteiger partial charge in [0.1, 0.15) is 0 Å². The predicted molar refractivity (Wildman–Crippen MR) is 69.8 cm³/mol. The van der Waals surface area contributed by atoms with Crippen LogP contribution in [-0.4, -0.2) is 29.0 Å². The molecule has 19 heavy (non-hydrogen) atoms. The average molecular weight is 262 g/mol. The Balaban J connectivity index is 2.26. The summed E-state index contributed by atoms with van der Waals surface area (Å²) < 4.78 is 4.92. The maximum atomic E-state index is 11.6. The Morgan fingerprint density at radius 1 is 1.47 bits per heavy atom. The van der Waals surface area contributed by atoms with Crippen molar-refractivity contribution in [3.63, 3.8) is 0 Å². The van der Waals surface area contributed by atoms with Crippen LogP contribution < -0.4 is 0 Å². The number of benzene rings is 1. The molecule has 0 aliphatic rings. The minimum Gasteiger partial charge on any atom is -0.462 e. The fourth-order valence-electron chi connectivity index (χ4n) is 1.95. The van der Waals surface area contributed by atoms with Crippen LogP contribution in [0.3, 0.4) is 0 Å². The number of esters is 1. The lowest BCUT2D eigenvalue weighted by Crippen LogP contribution is -2.04. The Bertz CT molecular complexity index is 618. The highest BCUT2D eigenvalue weighted by Crippen LogP contribution is 2.20. The maximum Gasteiger partial charge on any atom is 0.338 e. The van der Waals surface area contributed by atoms with Crippen molar-refractivity contribution in [2.45, 2.75) is 13.3 Å². The summed E-state index contributed by atoms with van der Waals surface area (Å²) >= 11 is 0. The number of rotatable bonds is 5. The molecule has 1 aromatic carbocycles. The summed E-state index contributed by atoms with van der Waals surface area (Å²) in [6.45, 7) is 1.98. The van der Waals surface area contributed by atoms with E-state index in [1.165, 1.54) is 0 Å². The lowest BCUT2D eigenvalue weighted by Gasteiger charge is -2.02. The van der Waals surface area contributed by atoms with Crippen molar-refractivity contribution in [1.29, 1.82) is 0 Å². The Labute approximate surface area is 109 Å². The van der Waals surface area contributed by atoms with Gasteiger partial charge in [-0.25, -0.2) is 4.79 Å². The number of aromatic nitrogens is 1. The topological polar surface area (TPSA) is 85.2 Å². The number of fused-ring (bicyclic) bond motifs is 1. The standard InChI is InChI=1S/C13H14N2O4/c1-2-19-13(16)9-3-4-11-10(5-6-15(17)18)8-14-12(11)7-9/h3-4,7-8,14H,2,5-6H2,1H3. The zero-order chi connectivity index (χ0) is 13.8. The summed E-state index contributed by atoms with van der Waals surface area (Å²) in [7, 11) is 0. The predicted octanol–water partition coefficient (Wildman–Crippen LogP) is 2.16. The minimum atomic E-state index is -0.370. The fourth-order valence-corrected chi connectivity index (χ4v) is 1.95. The largest absolute Gasteiger partial charge is 0.462 e. The van der Waals surface area contributed by atoms with Crippen LogP contribution in [0.25, 0.3) is 10.9 Å². The minimum absolute atomic E-state index is 0.105. The number of hydrogen-bond acceptors (Lipinski definition) is 4. The Morgan fingerprint density at radius 3 is 2.95 bits per heavy atom. The van der Waals surface area contributed by atoms with E-state index < -0.39 is 0 Å². The van der Waals surface area contributed by atoms with Crippen LogP contribution in [0.5, 0.6) is 0 Å². The summed E-state index contributed by atoms with van der Waals surface area (Å²) in [5.41, 5.74) is 2.13. The van der Waals surface area contributed by atoms with Crippen LogP contribution in [-0.2, 0) is 11.2 Å². The van der Waals surface area contributed by atoms with Crippen molar-refractivity contribution in [3.05, 3.63) is 45.6 Å². The zero-order valence-corrected chi connectivity index (χ0v) is 10.5. The molecule has 0 saturated heterocycles. The molecule has 2 aromatic rings. The second-order valence-electron chi connectivity index (χ2n) is 4.10. The molecule has 0 bridgehead atoms. The van der Waals surface area contributed by atoms with Crippen LogP contribution in [0.4, 0.5) is 0 Å². The molecule has 6 nitrogen and oxygen atoms in total. The molecule has 0 saturated carbocycles. The van der Waals surface area contributed by atoms with Gasteiger partial charge in [0.15, 0.2) is 0 Å². The third-order valence-corrected chi connectivity index (χ3v) is 2.84. The summed E-state index contributed by atoms with van der Waals surface area (Å²) in [5, 5.41) is 11.3. The number of hydrogen-bond donors (Lipinski definition) is 1. The maximum absolute atomic E-state index is 11.6. The Morgan fingerprint density at radius 2 is 2.26 bits per heavy atom. The van der Waals surface area contributed by atoms with Gasteiger partial charge >= 0.3 is 5.97 Å². The van der Waals surface area contributed by atoms with E-state index >= 15 is 0 Å². The molecule has 2 rings (SSSR count). The molecular formula is C13H14N2O4. The number of H-pyrrole nitrogens is 1. The van der Waals surface area contributed by atoms with Gasteiger partial charge in [-0.15, -0.1) is 0 Å². The molecule has 0 atom stereocenters. The third-order valence-electron chi connectivity index (χ3n) is 2.84. The number of nitro groups is 1. The van der Waals surface area contributed by atoms with Gasteiger partial charge in [0, 0.05) is 28.4 Å². The first-order valence-electron chi connectivity index (χ1n) is 6.00. The van der Waals surface area contributed by atoms with Crippen LogP contribution in [0.1, 0.15) is 22.8 Å². The van der Waals surface area contributed by atoms with Crippen molar-refractivity contribution < 1.29 is 14.5 Å². The highest BCUT2D eigenvalue weighted by atomic mass is 16.6. The van der Waals surface area contributed by atoms with Crippen LogP contribution in [0.2, 0.25) is 0 Å². The Hall–Kier alpha value is -2.37. The van der Waals surface area contributed by atoms with Gasteiger partial charge in [-0.3, -0.25) is 10.1 Å². The van der Waals surface area contributed by atoms with Gasteiger partial charge in [0.05, 0.1) is 12.2 Å². The van der Waals surface area contributed by atoms with Crippen molar-refractivity contribution in [3.8, 4) is 0 Å². The highest BCUT2D eigenvalue weighted by molar-refractivity contribution is 5.95. The molecule has 0 unspecified atom stereocenters. The van der Waals surface area contributed by atoms with E-state index in [9.17, 15) is 14.9 Å². The van der Waals surface area contributed by atoms with E-state index in [2.05, 4.69) is 4.98 Å². The zero-order valence-electron chi connectivity index (χ0n) is 10.5. The molecule has 0 aliphatic carbocycles. The van der Waals surface area contributed by atoms with Crippen LogP contribution in [0, 0.1) is 10.1 Å².